The first-order chi connectivity index (χ1) is 18.2. The van der Waals surface area contributed by atoms with Crippen LogP contribution in [0.2, 0.25) is 0 Å². The van der Waals surface area contributed by atoms with E-state index in [2.05, 4.69) is 31.0 Å². The molecule has 16 nitrogen and oxygen atoms in total. The molecule has 0 bridgehead atoms. The summed E-state index contributed by atoms with van der Waals surface area (Å²) in [7, 11) is 1.25. The summed E-state index contributed by atoms with van der Waals surface area (Å²) in [6.45, 7) is 0. The zero-order chi connectivity index (χ0) is 27.4. The molecule has 0 saturated carbocycles. The van der Waals surface area contributed by atoms with Crippen molar-refractivity contribution < 1.29 is 34.2 Å². The SMILES string of the molecule is CON=C(C(=O)NC1C(=O)N2C(C(=O)O)=C(CSc3nnnn3C=CCC(=O)O)CS[C@@H]12)c1csc(N)n1. The van der Waals surface area contributed by atoms with Crippen molar-refractivity contribution >= 4 is 75.7 Å². The number of hydrogen-bond acceptors (Lipinski definition) is 14. The van der Waals surface area contributed by atoms with E-state index in [-0.39, 0.29) is 40.2 Å². The van der Waals surface area contributed by atoms with E-state index in [0.29, 0.717) is 10.7 Å². The summed E-state index contributed by atoms with van der Waals surface area (Å²) in [4.78, 5) is 58.5. The minimum absolute atomic E-state index is 0.158. The number of thioether (sulfide) groups is 2. The largest absolute Gasteiger partial charge is 0.481 e. The Balaban J connectivity index is 1.46. The molecule has 0 spiro atoms. The zero-order valence-electron chi connectivity index (χ0n) is 19.4. The molecule has 200 valence electrons. The van der Waals surface area contributed by atoms with Gasteiger partial charge in [-0.3, -0.25) is 19.3 Å². The average Bonchev–Trinajstić information content (AvgIpc) is 3.51. The lowest BCUT2D eigenvalue weighted by molar-refractivity contribution is -0.150. The Labute approximate surface area is 226 Å². The average molecular weight is 582 g/mol. The molecule has 0 aliphatic carbocycles. The van der Waals surface area contributed by atoms with Gasteiger partial charge in [-0.25, -0.2) is 9.78 Å². The molecular weight excluding hydrogens is 562 g/mol. The summed E-state index contributed by atoms with van der Waals surface area (Å²) in [5.74, 6) is -3.19. The Bertz CT molecular complexity index is 1370. The highest BCUT2D eigenvalue weighted by molar-refractivity contribution is 8.01. The first kappa shape index (κ1) is 27.1. The highest BCUT2D eigenvalue weighted by atomic mass is 32.2. The lowest BCUT2D eigenvalue weighted by atomic mass is 10.0. The Kier molecular flexibility index (Phi) is 8.27. The predicted molar refractivity (Wildman–Crippen MR) is 136 cm³/mol. The van der Waals surface area contributed by atoms with Gasteiger partial charge in [-0.2, -0.15) is 4.68 Å². The fourth-order valence-corrected chi connectivity index (χ4v) is 6.36. The van der Waals surface area contributed by atoms with Crippen molar-refractivity contribution in [1.29, 1.82) is 0 Å². The van der Waals surface area contributed by atoms with E-state index in [4.69, 9.17) is 15.7 Å². The van der Waals surface area contributed by atoms with E-state index in [9.17, 15) is 24.3 Å². The van der Waals surface area contributed by atoms with Crippen LogP contribution in [0.5, 0.6) is 0 Å². The van der Waals surface area contributed by atoms with E-state index in [0.717, 1.165) is 28.0 Å². The maximum atomic E-state index is 13.0. The minimum atomic E-state index is -1.29. The second-order valence-corrected chi connectivity index (χ2v) is 10.4. The Morgan fingerprint density at radius 3 is 2.84 bits per heavy atom. The number of aliphatic carboxylic acids is 2. The number of oxime groups is 1. The van der Waals surface area contributed by atoms with Crippen LogP contribution in [0.1, 0.15) is 12.1 Å². The van der Waals surface area contributed by atoms with Crippen LogP contribution in [-0.4, -0.2) is 99.8 Å². The molecule has 2 aromatic rings. The van der Waals surface area contributed by atoms with Crippen molar-refractivity contribution in [2.75, 3.05) is 24.3 Å². The van der Waals surface area contributed by atoms with E-state index in [1.54, 1.807) is 0 Å². The molecule has 38 heavy (non-hydrogen) atoms. The Hall–Kier alpha value is -3.97. The number of aromatic nitrogens is 5. The highest BCUT2D eigenvalue weighted by Gasteiger charge is 2.54. The maximum absolute atomic E-state index is 13.0. The number of fused-ring (bicyclic) bond motifs is 1. The molecule has 2 amide bonds. The van der Waals surface area contributed by atoms with Crippen LogP contribution in [-0.2, 0) is 24.0 Å². The number of carbonyl (C=O) groups is 4. The molecule has 1 fully saturated rings. The number of anilines is 1. The van der Waals surface area contributed by atoms with Crippen LogP contribution in [0.4, 0.5) is 5.13 Å². The van der Waals surface area contributed by atoms with Crippen LogP contribution in [0, 0.1) is 0 Å². The van der Waals surface area contributed by atoms with Gasteiger partial charge < -0.3 is 26.1 Å². The number of tetrazole rings is 1. The predicted octanol–water partition coefficient (Wildman–Crippen LogP) is -0.461. The van der Waals surface area contributed by atoms with Gasteiger partial charge in [0.05, 0.1) is 6.42 Å². The van der Waals surface area contributed by atoms with E-state index in [1.165, 1.54) is 41.2 Å². The summed E-state index contributed by atoms with van der Waals surface area (Å²) >= 11 is 3.53. The lowest BCUT2D eigenvalue weighted by Gasteiger charge is -2.49. The number of nitrogens with one attached hydrogen (secondary N) is 1. The van der Waals surface area contributed by atoms with Gasteiger partial charge in [0, 0.05) is 23.1 Å². The summed E-state index contributed by atoms with van der Waals surface area (Å²) in [6, 6.07) is -0.985. The number of rotatable bonds is 11. The van der Waals surface area contributed by atoms with Gasteiger partial charge in [0.25, 0.3) is 11.8 Å². The molecule has 0 aromatic carbocycles. The molecule has 2 aliphatic rings. The lowest BCUT2D eigenvalue weighted by Crippen LogP contribution is -2.71. The van der Waals surface area contributed by atoms with Crippen molar-refractivity contribution in [3.8, 4) is 0 Å². The van der Waals surface area contributed by atoms with Gasteiger partial charge in [0.1, 0.15) is 29.9 Å². The number of carboxylic acid groups (broad SMARTS) is 2. The second kappa shape index (κ2) is 11.6. The van der Waals surface area contributed by atoms with Crippen LogP contribution in [0.25, 0.3) is 6.20 Å². The Morgan fingerprint density at radius 1 is 1.39 bits per heavy atom. The number of carboxylic acids is 2. The number of amides is 2. The quantitative estimate of drug-likeness (QED) is 0.114. The number of nitrogen functional groups attached to an aromatic ring is 1. The van der Waals surface area contributed by atoms with Crippen molar-refractivity contribution in [2.45, 2.75) is 23.0 Å². The van der Waals surface area contributed by atoms with E-state index >= 15 is 0 Å². The number of hydrogen-bond donors (Lipinski definition) is 4. The van der Waals surface area contributed by atoms with Crippen molar-refractivity contribution in [3.05, 3.63) is 28.4 Å². The number of nitrogens with two attached hydrogens (primary N) is 1. The van der Waals surface area contributed by atoms with Crippen molar-refractivity contribution in [2.24, 2.45) is 5.16 Å². The third-order valence-corrected chi connectivity index (χ3v) is 8.11. The molecule has 2 aromatic heterocycles. The van der Waals surface area contributed by atoms with Gasteiger partial charge >= 0.3 is 11.9 Å². The molecule has 4 heterocycles. The van der Waals surface area contributed by atoms with Crippen LogP contribution >= 0.6 is 34.9 Å². The number of β-lactam (4-membered cyclic amide) rings is 1. The first-order valence-corrected chi connectivity index (χ1v) is 13.4. The maximum Gasteiger partial charge on any atom is 0.352 e. The van der Waals surface area contributed by atoms with Crippen LogP contribution in [0.3, 0.4) is 0 Å². The minimum Gasteiger partial charge on any atom is -0.481 e. The summed E-state index contributed by atoms with van der Waals surface area (Å²) in [5.41, 5.74) is 5.93. The van der Waals surface area contributed by atoms with Crippen LogP contribution < -0.4 is 11.1 Å². The van der Waals surface area contributed by atoms with Gasteiger partial charge in [-0.1, -0.05) is 23.0 Å². The molecule has 5 N–H and O–H groups in total. The fraction of sp³-hybridized carbons (Fsp3) is 0.316. The van der Waals surface area contributed by atoms with Crippen molar-refractivity contribution in [1.82, 2.24) is 35.4 Å². The molecule has 2 aliphatic heterocycles. The molecule has 4 rings (SSSR count). The molecule has 0 radical (unpaired) electrons. The number of thiazole rings is 1. The second-order valence-electron chi connectivity index (χ2n) is 7.49. The van der Waals surface area contributed by atoms with Gasteiger partial charge in [0.2, 0.25) is 5.16 Å². The monoisotopic (exact) mass is 581 g/mol. The topological polar surface area (TPSA) is 228 Å². The standard InChI is InChI=1S/C19H19N9O7S3/c1-35-24-11(9-7-37-18(20)21-9)14(31)22-12-15(32)28-13(17(33)34)8(5-36-16(12)28)6-38-19-23-25-26-27(19)4-2-3-10(29)30/h2,4,7,12,16H,3,5-6H2,1H3,(H2,20,21)(H,22,31)(H,29,30)(H,33,34)/t12?,16-/m0/s1. The molecule has 1 saturated heterocycles. The number of nitrogens with zero attached hydrogens (tertiary/aromatic N) is 7. The van der Waals surface area contributed by atoms with E-state index < -0.39 is 35.2 Å². The smallest absolute Gasteiger partial charge is 0.352 e. The van der Waals surface area contributed by atoms with Gasteiger partial charge in [-0.15, -0.1) is 28.2 Å². The summed E-state index contributed by atoms with van der Waals surface area (Å²) in [6.07, 6.45) is 2.54. The molecule has 2 atom stereocenters. The third kappa shape index (κ3) is 5.63. The summed E-state index contributed by atoms with van der Waals surface area (Å²) < 4.78 is 1.27. The highest BCUT2D eigenvalue weighted by Crippen LogP contribution is 2.41. The number of carbonyl (C=O) groups excluding carboxylic acids is 2. The Morgan fingerprint density at radius 2 is 2.18 bits per heavy atom. The zero-order valence-corrected chi connectivity index (χ0v) is 21.8. The fourth-order valence-electron chi connectivity index (χ4n) is 3.48. The van der Waals surface area contributed by atoms with Crippen LogP contribution in [0.15, 0.2) is 33.0 Å². The van der Waals surface area contributed by atoms with Crippen molar-refractivity contribution in [3.63, 3.8) is 0 Å². The third-order valence-electron chi connectivity index (χ3n) is 5.08. The van der Waals surface area contributed by atoms with Gasteiger partial charge in [0.15, 0.2) is 10.8 Å². The van der Waals surface area contributed by atoms with Gasteiger partial charge in [-0.05, 0) is 16.0 Å². The normalized spacial score (nSPS) is 19.3. The van der Waals surface area contributed by atoms with E-state index in [1.807, 2.05) is 0 Å². The molecular formula is C19H19N9O7S3. The first-order valence-electron chi connectivity index (χ1n) is 10.5. The molecule has 19 heteroatoms. The molecule has 1 unspecified atom stereocenters. The summed E-state index contributed by atoms with van der Waals surface area (Å²) in [5, 5.41) is 37.5.